The normalized spacial score (nSPS) is 13.1. The zero-order valence-corrected chi connectivity index (χ0v) is 14.7. The second-order valence-electron chi connectivity index (χ2n) is 6.77. The zero-order valence-electron chi connectivity index (χ0n) is 14.7. The molecule has 132 valence electrons. The highest BCUT2D eigenvalue weighted by Gasteiger charge is 2.24. The van der Waals surface area contributed by atoms with Crippen molar-refractivity contribution in [1.29, 1.82) is 0 Å². The van der Waals surface area contributed by atoms with Crippen LogP contribution in [0.15, 0.2) is 72.8 Å². The van der Waals surface area contributed by atoms with Gasteiger partial charge >= 0.3 is 0 Å². The first-order valence-electron chi connectivity index (χ1n) is 9.06. The predicted molar refractivity (Wildman–Crippen MR) is 105 cm³/mol. The number of amides is 1. The third-order valence-electron chi connectivity index (χ3n) is 5.09. The predicted octanol–water partition coefficient (Wildman–Crippen LogP) is 3.68. The van der Waals surface area contributed by atoms with E-state index in [4.69, 9.17) is 0 Å². The van der Waals surface area contributed by atoms with Crippen LogP contribution in [0, 0.1) is 0 Å². The number of hydrogen-bond donors (Lipinski definition) is 0. The number of benzene rings is 3. The summed E-state index contributed by atoms with van der Waals surface area (Å²) in [6.45, 7) is 1.37. The van der Waals surface area contributed by atoms with E-state index in [1.54, 1.807) is 0 Å². The third-order valence-corrected chi connectivity index (χ3v) is 5.09. The van der Waals surface area contributed by atoms with Crippen LogP contribution < -0.4 is 4.90 Å². The lowest BCUT2D eigenvalue weighted by atomic mass is 10.1. The van der Waals surface area contributed by atoms with Crippen molar-refractivity contribution in [3.05, 3.63) is 89.5 Å². The molecule has 1 amide bonds. The Balaban J connectivity index is 1.37. The van der Waals surface area contributed by atoms with Crippen LogP contribution in [0.1, 0.15) is 21.5 Å². The Hall–Kier alpha value is -3.47. The second kappa shape index (κ2) is 6.36. The third kappa shape index (κ3) is 2.77. The van der Waals surface area contributed by atoms with Gasteiger partial charge in [0.25, 0.3) is 5.91 Å². The molecule has 4 aromatic rings. The summed E-state index contributed by atoms with van der Waals surface area (Å²) >= 11 is 0. The lowest BCUT2D eigenvalue weighted by Gasteiger charge is -2.17. The molecule has 0 radical (unpaired) electrons. The lowest BCUT2D eigenvalue weighted by molar-refractivity contribution is 0.0989. The van der Waals surface area contributed by atoms with Gasteiger partial charge in [0, 0.05) is 17.8 Å². The summed E-state index contributed by atoms with van der Waals surface area (Å²) in [7, 11) is 0. The van der Waals surface area contributed by atoms with Crippen molar-refractivity contribution in [2.24, 2.45) is 0 Å². The number of nitrogens with zero attached hydrogens (tertiary/aromatic N) is 4. The molecule has 0 N–H and O–H groups in total. The first-order valence-corrected chi connectivity index (χ1v) is 9.06. The van der Waals surface area contributed by atoms with Crippen molar-refractivity contribution in [1.82, 2.24) is 15.0 Å². The monoisotopic (exact) mass is 354 g/mol. The van der Waals surface area contributed by atoms with Crippen LogP contribution in [0.2, 0.25) is 0 Å². The minimum atomic E-state index is 0.0534. The molecular weight excluding hydrogens is 336 g/mol. The van der Waals surface area contributed by atoms with Crippen molar-refractivity contribution >= 4 is 22.6 Å². The molecule has 5 rings (SSSR count). The molecule has 5 heteroatoms. The number of hydrogen-bond acceptors (Lipinski definition) is 3. The highest BCUT2D eigenvalue weighted by Crippen LogP contribution is 2.28. The summed E-state index contributed by atoms with van der Waals surface area (Å²) in [5.74, 6) is 0.0534. The molecule has 1 aromatic heterocycles. The van der Waals surface area contributed by atoms with E-state index in [-0.39, 0.29) is 5.91 Å². The van der Waals surface area contributed by atoms with Crippen LogP contribution in [-0.2, 0) is 13.0 Å². The fraction of sp³-hybridized carbons (Fsp3) is 0.136. The summed E-state index contributed by atoms with van der Waals surface area (Å²) in [5, 5.41) is 8.41. The van der Waals surface area contributed by atoms with Gasteiger partial charge in [-0.15, -0.1) is 5.10 Å². The number of rotatable bonds is 3. The SMILES string of the molecule is O=C(c1ccc(Cn2nnc3ccccc32)cc1)N1CCc2ccccc21. The smallest absolute Gasteiger partial charge is 0.258 e. The van der Waals surface area contributed by atoms with E-state index < -0.39 is 0 Å². The Labute approximate surface area is 156 Å². The molecule has 0 bridgehead atoms. The number of aromatic nitrogens is 3. The van der Waals surface area contributed by atoms with Crippen molar-refractivity contribution in [2.75, 3.05) is 11.4 Å². The fourth-order valence-corrected chi connectivity index (χ4v) is 3.66. The van der Waals surface area contributed by atoms with Gasteiger partial charge in [-0.3, -0.25) is 4.79 Å². The molecule has 0 fully saturated rings. The Kier molecular flexibility index (Phi) is 3.71. The fourth-order valence-electron chi connectivity index (χ4n) is 3.66. The Morgan fingerprint density at radius 2 is 1.70 bits per heavy atom. The standard InChI is InChI=1S/C22H18N4O/c27-22(25-14-13-17-5-1-3-7-20(17)25)18-11-9-16(10-12-18)15-26-21-8-4-2-6-19(21)23-24-26/h1-12H,13-15H2. The van der Waals surface area contributed by atoms with Crippen LogP contribution >= 0.6 is 0 Å². The summed E-state index contributed by atoms with van der Waals surface area (Å²) < 4.78 is 1.88. The lowest BCUT2D eigenvalue weighted by Crippen LogP contribution is -2.28. The number of fused-ring (bicyclic) bond motifs is 2. The molecule has 0 saturated carbocycles. The van der Waals surface area contributed by atoms with Crippen molar-refractivity contribution < 1.29 is 4.79 Å². The summed E-state index contributed by atoms with van der Waals surface area (Å²) in [6, 6.07) is 23.8. The van der Waals surface area contributed by atoms with E-state index in [9.17, 15) is 4.79 Å². The van der Waals surface area contributed by atoms with E-state index in [1.807, 2.05) is 76.3 Å². The van der Waals surface area contributed by atoms with Crippen LogP contribution in [0.5, 0.6) is 0 Å². The number of para-hydroxylation sites is 2. The molecule has 2 heterocycles. The minimum absolute atomic E-state index is 0.0534. The Morgan fingerprint density at radius 1 is 0.926 bits per heavy atom. The summed E-state index contributed by atoms with van der Waals surface area (Å²) in [5.41, 5.74) is 5.95. The Bertz CT molecular complexity index is 1130. The van der Waals surface area contributed by atoms with E-state index >= 15 is 0 Å². The van der Waals surface area contributed by atoms with Gasteiger partial charge in [-0.25, -0.2) is 4.68 Å². The molecule has 27 heavy (non-hydrogen) atoms. The molecule has 5 nitrogen and oxygen atoms in total. The Morgan fingerprint density at radius 3 is 2.59 bits per heavy atom. The van der Waals surface area contributed by atoms with Crippen LogP contribution in [0.3, 0.4) is 0 Å². The van der Waals surface area contributed by atoms with E-state index in [2.05, 4.69) is 16.4 Å². The van der Waals surface area contributed by atoms with E-state index in [0.29, 0.717) is 12.1 Å². The van der Waals surface area contributed by atoms with E-state index in [1.165, 1.54) is 5.56 Å². The average molecular weight is 354 g/mol. The highest BCUT2D eigenvalue weighted by atomic mass is 16.2. The van der Waals surface area contributed by atoms with Crippen molar-refractivity contribution in [2.45, 2.75) is 13.0 Å². The maximum Gasteiger partial charge on any atom is 0.258 e. The zero-order chi connectivity index (χ0) is 18.2. The van der Waals surface area contributed by atoms with Crippen LogP contribution in [0.25, 0.3) is 11.0 Å². The van der Waals surface area contributed by atoms with Crippen molar-refractivity contribution in [3.8, 4) is 0 Å². The van der Waals surface area contributed by atoms with E-state index in [0.717, 1.165) is 35.2 Å². The van der Waals surface area contributed by atoms with Gasteiger partial charge in [0.2, 0.25) is 0 Å². The molecule has 1 aliphatic rings. The topological polar surface area (TPSA) is 51.0 Å². The van der Waals surface area contributed by atoms with Gasteiger partial charge < -0.3 is 4.90 Å². The van der Waals surface area contributed by atoms with Gasteiger partial charge in [-0.2, -0.15) is 0 Å². The number of carbonyl (C=O) groups excluding carboxylic acids is 1. The van der Waals surface area contributed by atoms with Crippen LogP contribution in [-0.4, -0.2) is 27.4 Å². The van der Waals surface area contributed by atoms with Gasteiger partial charge in [0.1, 0.15) is 5.52 Å². The molecule has 0 unspecified atom stereocenters. The largest absolute Gasteiger partial charge is 0.308 e. The highest BCUT2D eigenvalue weighted by molar-refractivity contribution is 6.07. The molecular formula is C22H18N4O. The molecule has 0 aliphatic carbocycles. The summed E-state index contributed by atoms with van der Waals surface area (Å²) in [4.78, 5) is 14.8. The van der Waals surface area contributed by atoms with Gasteiger partial charge in [-0.1, -0.05) is 47.7 Å². The number of carbonyl (C=O) groups is 1. The molecule has 3 aromatic carbocycles. The first kappa shape index (κ1) is 15.8. The van der Waals surface area contributed by atoms with Crippen molar-refractivity contribution in [3.63, 3.8) is 0 Å². The maximum absolute atomic E-state index is 12.9. The van der Waals surface area contributed by atoms with Gasteiger partial charge in [0.05, 0.1) is 12.1 Å². The second-order valence-corrected chi connectivity index (χ2v) is 6.77. The summed E-state index contributed by atoms with van der Waals surface area (Å²) in [6.07, 6.45) is 0.916. The average Bonchev–Trinajstić information content (AvgIpc) is 3.33. The number of anilines is 1. The first-order chi connectivity index (χ1) is 13.3. The van der Waals surface area contributed by atoms with Crippen LogP contribution in [0.4, 0.5) is 5.69 Å². The minimum Gasteiger partial charge on any atom is -0.308 e. The molecule has 0 atom stereocenters. The van der Waals surface area contributed by atoms with Gasteiger partial charge in [0.15, 0.2) is 0 Å². The molecule has 0 spiro atoms. The molecule has 1 aliphatic heterocycles. The van der Waals surface area contributed by atoms with Gasteiger partial charge in [-0.05, 0) is 47.9 Å². The maximum atomic E-state index is 12.9. The quantitative estimate of drug-likeness (QED) is 0.564. The molecule has 0 saturated heterocycles.